The smallest absolute Gasteiger partial charge is 0.270 e. The van der Waals surface area contributed by atoms with E-state index >= 15 is 0 Å². The second kappa shape index (κ2) is 7.56. The summed E-state index contributed by atoms with van der Waals surface area (Å²) in [6.45, 7) is 2.70. The molecular formula is C18H15N5O3S2. The number of nitrogens with zero attached hydrogens (tertiary/aromatic N) is 5. The Balaban J connectivity index is 1.70. The molecule has 0 atom stereocenters. The first kappa shape index (κ1) is 18.4. The Hall–Kier alpha value is -2.98. The van der Waals surface area contributed by atoms with Crippen LogP contribution in [0.1, 0.15) is 6.92 Å². The number of non-ortho nitro benzene ring substituents is 1. The van der Waals surface area contributed by atoms with E-state index in [1.165, 1.54) is 29.2 Å². The molecule has 0 aliphatic carbocycles. The van der Waals surface area contributed by atoms with Crippen LogP contribution in [0.3, 0.4) is 0 Å². The molecule has 142 valence electrons. The SMILES string of the molecule is CCn1c(Sc2nc3ccc([N+](=O)[O-])cc3s2)nnc1-c1ccccc1OC. The lowest BCUT2D eigenvalue weighted by Gasteiger charge is -2.09. The maximum Gasteiger partial charge on any atom is 0.270 e. The Morgan fingerprint density at radius 3 is 2.82 bits per heavy atom. The highest BCUT2D eigenvalue weighted by Gasteiger charge is 2.18. The fraction of sp³-hybridized carbons (Fsp3) is 0.167. The zero-order valence-electron chi connectivity index (χ0n) is 15.0. The molecule has 0 amide bonds. The topological polar surface area (TPSA) is 96.0 Å². The fourth-order valence-electron chi connectivity index (χ4n) is 2.81. The van der Waals surface area contributed by atoms with Crippen LogP contribution in [-0.4, -0.2) is 31.8 Å². The molecule has 0 aliphatic rings. The van der Waals surface area contributed by atoms with Gasteiger partial charge in [-0.15, -0.1) is 21.5 Å². The lowest BCUT2D eigenvalue weighted by molar-refractivity contribution is -0.384. The largest absolute Gasteiger partial charge is 0.496 e. The third-order valence-corrected chi connectivity index (χ3v) is 6.19. The molecule has 0 aliphatic heterocycles. The number of methoxy groups -OCH3 is 1. The van der Waals surface area contributed by atoms with E-state index < -0.39 is 4.92 Å². The number of thiazole rings is 1. The van der Waals surface area contributed by atoms with Gasteiger partial charge in [-0.05, 0) is 36.9 Å². The Morgan fingerprint density at radius 1 is 1.25 bits per heavy atom. The second-order valence-electron chi connectivity index (χ2n) is 5.74. The zero-order chi connectivity index (χ0) is 19.7. The molecular weight excluding hydrogens is 398 g/mol. The van der Waals surface area contributed by atoms with E-state index in [1.807, 2.05) is 35.8 Å². The summed E-state index contributed by atoms with van der Waals surface area (Å²) in [7, 11) is 1.63. The summed E-state index contributed by atoms with van der Waals surface area (Å²) in [6.07, 6.45) is 0. The minimum Gasteiger partial charge on any atom is -0.496 e. The predicted octanol–water partition coefficient (Wildman–Crippen LogP) is 4.64. The second-order valence-corrected chi connectivity index (χ2v) is 7.99. The number of hydrogen-bond acceptors (Lipinski definition) is 8. The van der Waals surface area contributed by atoms with Crippen LogP contribution < -0.4 is 4.74 Å². The number of aromatic nitrogens is 4. The van der Waals surface area contributed by atoms with Gasteiger partial charge in [0.05, 0.1) is 27.8 Å². The van der Waals surface area contributed by atoms with Gasteiger partial charge in [-0.1, -0.05) is 12.1 Å². The minimum absolute atomic E-state index is 0.0582. The van der Waals surface area contributed by atoms with Gasteiger partial charge < -0.3 is 9.30 Å². The molecule has 0 spiro atoms. The van der Waals surface area contributed by atoms with E-state index in [0.717, 1.165) is 31.7 Å². The van der Waals surface area contributed by atoms with Crippen LogP contribution in [0, 0.1) is 10.1 Å². The van der Waals surface area contributed by atoms with Gasteiger partial charge in [0.25, 0.3) is 5.69 Å². The van der Waals surface area contributed by atoms with Crippen LogP contribution in [0.25, 0.3) is 21.6 Å². The van der Waals surface area contributed by atoms with Crippen molar-refractivity contribution in [3.05, 3.63) is 52.6 Å². The Morgan fingerprint density at radius 2 is 2.07 bits per heavy atom. The molecule has 0 unspecified atom stereocenters. The number of hydrogen-bond donors (Lipinski definition) is 0. The number of nitro benzene ring substituents is 1. The summed E-state index contributed by atoms with van der Waals surface area (Å²) >= 11 is 2.79. The van der Waals surface area contributed by atoms with Crippen LogP contribution in [0.2, 0.25) is 0 Å². The van der Waals surface area contributed by atoms with Crippen molar-refractivity contribution in [2.24, 2.45) is 0 Å². The van der Waals surface area contributed by atoms with Gasteiger partial charge in [0.2, 0.25) is 0 Å². The number of fused-ring (bicyclic) bond motifs is 1. The Labute approximate surface area is 168 Å². The van der Waals surface area contributed by atoms with E-state index in [0.29, 0.717) is 11.7 Å². The maximum absolute atomic E-state index is 11.0. The molecule has 2 aromatic heterocycles. The summed E-state index contributed by atoms with van der Waals surface area (Å²) in [4.78, 5) is 15.1. The van der Waals surface area contributed by atoms with Crippen molar-refractivity contribution in [3.8, 4) is 17.1 Å². The van der Waals surface area contributed by atoms with Crippen LogP contribution in [0.4, 0.5) is 5.69 Å². The van der Waals surface area contributed by atoms with E-state index in [1.54, 1.807) is 19.2 Å². The molecule has 0 N–H and O–H groups in total. The highest BCUT2D eigenvalue weighted by Crippen LogP contribution is 2.37. The molecule has 10 heteroatoms. The molecule has 0 radical (unpaired) electrons. The molecule has 2 aromatic carbocycles. The summed E-state index contributed by atoms with van der Waals surface area (Å²) < 4.78 is 8.96. The molecule has 0 saturated heterocycles. The van der Waals surface area contributed by atoms with Crippen molar-refractivity contribution in [3.63, 3.8) is 0 Å². The highest BCUT2D eigenvalue weighted by atomic mass is 32.2. The number of nitro groups is 1. The first-order chi connectivity index (χ1) is 13.6. The summed E-state index contributed by atoms with van der Waals surface area (Å²) in [6, 6.07) is 12.3. The number of rotatable bonds is 6. The summed E-state index contributed by atoms with van der Waals surface area (Å²) in [5, 5.41) is 20.4. The average molecular weight is 413 g/mol. The molecule has 4 rings (SSSR count). The summed E-state index contributed by atoms with van der Waals surface area (Å²) in [5.41, 5.74) is 1.65. The van der Waals surface area contributed by atoms with Gasteiger partial charge in [-0.2, -0.15) is 0 Å². The molecule has 28 heavy (non-hydrogen) atoms. The first-order valence-electron chi connectivity index (χ1n) is 8.40. The fourth-order valence-corrected chi connectivity index (χ4v) is 4.90. The number of para-hydroxylation sites is 1. The predicted molar refractivity (Wildman–Crippen MR) is 108 cm³/mol. The molecule has 2 heterocycles. The van der Waals surface area contributed by atoms with Crippen molar-refractivity contribution in [1.29, 1.82) is 0 Å². The van der Waals surface area contributed by atoms with Gasteiger partial charge in [0.1, 0.15) is 5.75 Å². The third kappa shape index (κ3) is 3.32. The van der Waals surface area contributed by atoms with E-state index in [9.17, 15) is 10.1 Å². The number of ether oxygens (including phenoxy) is 1. The normalized spacial score (nSPS) is 11.1. The average Bonchev–Trinajstić information content (AvgIpc) is 3.30. The monoisotopic (exact) mass is 413 g/mol. The van der Waals surface area contributed by atoms with Gasteiger partial charge in [-0.25, -0.2) is 4.98 Å². The van der Waals surface area contributed by atoms with Gasteiger partial charge in [0, 0.05) is 18.7 Å². The zero-order valence-corrected chi connectivity index (χ0v) is 16.7. The van der Waals surface area contributed by atoms with Crippen LogP contribution in [0.5, 0.6) is 5.75 Å². The molecule has 0 fully saturated rings. The summed E-state index contributed by atoms with van der Waals surface area (Å²) in [5.74, 6) is 1.45. The Kier molecular flexibility index (Phi) is 4.97. The van der Waals surface area contributed by atoms with Gasteiger partial charge >= 0.3 is 0 Å². The van der Waals surface area contributed by atoms with E-state index in [2.05, 4.69) is 15.2 Å². The van der Waals surface area contributed by atoms with Crippen molar-refractivity contribution >= 4 is 39.0 Å². The number of benzene rings is 2. The van der Waals surface area contributed by atoms with Gasteiger partial charge in [0.15, 0.2) is 15.3 Å². The van der Waals surface area contributed by atoms with Crippen LogP contribution >= 0.6 is 23.1 Å². The van der Waals surface area contributed by atoms with Crippen LogP contribution in [0.15, 0.2) is 52.0 Å². The lowest BCUT2D eigenvalue weighted by Crippen LogP contribution is -2.00. The quantitative estimate of drug-likeness (QED) is 0.335. The first-order valence-corrected chi connectivity index (χ1v) is 10.0. The minimum atomic E-state index is -0.404. The Bertz CT molecular complexity index is 1170. The van der Waals surface area contributed by atoms with Crippen molar-refractivity contribution in [1.82, 2.24) is 19.7 Å². The maximum atomic E-state index is 11.0. The molecule has 0 saturated carbocycles. The molecule has 0 bridgehead atoms. The standard InChI is InChI=1S/C18H15N5O3S2/c1-3-22-16(12-6-4-5-7-14(12)26-2)20-21-17(22)28-18-19-13-9-8-11(23(24)25)10-15(13)27-18/h4-10H,3H2,1-2H3. The van der Waals surface area contributed by atoms with E-state index in [-0.39, 0.29) is 5.69 Å². The van der Waals surface area contributed by atoms with Crippen molar-refractivity contribution in [2.45, 2.75) is 23.0 Å². The molecule has 8 nitrogen and oxygen atoms in total. The van der Waals surface area contributed by atoms with E-state index in [4.69, 9.17) is 4.74 Å². The highest BCUT2D eigenvalue weighted by molar-refractivity contribution is 8.01. The van der Waals surface area contributed by atoms with Crippen molar-refractivity contribution < 1.29 is 9.66 Å². The van der Waals surface area contributed by atoms with Crippen LogP contribution in [-0.2, 0) is 6.54 Å². The molecule has 4 aromatic rings. The van der Waals surface area contributed by atoms with Crippen molar-refractivity contribution in [2.75, 3.05) is 7.11 Å². The third-order valence-electron chi connectivity index (χ3n) is 4.12. The lowest BCUT2D eigenvalue weighted by atomic mass is 10.2. The van der Waals surface area contributed by atoms with Gasteiger partial charge in [-0.3, -0.25) is 10.1 Å².